The summed E-state index contributed by atoms with van der Waals surface area (Å²) in [7, 11) is -2.55. The van der Waals surface area contributed by atoms with Crippen molar-refractivity contribution in [1.29, 1.82) is 0 Å². The van der Waals surface area contributed by atoms with E-state index >= 15 is 0 Å². The van der Waals surface area contributed by atoms with Gasteiger partial charge in [0.05, 0.1) is 19.0 Å². The van der Waals surface area contributed by atoms with Crippen LogP contribution in [0.25, 0.3) is 0 Å². The van der Waals surface area contributed by atoms with Crippen LogP contribution in [0.3, 0.4) is 0 Å². The Bertz CT molecular complexity index is 1010. The largest absolute Gasteiger partial charge is 0.380 e. The molecule has 2 heterocycles. The second-order valence-electron chi connectivity index (χ2n) is 7.25. The van der Waals surface area contributed by atoms with Gasteiger partial charge in [-0.25, -0.2) is 17.2 Å². The SMILES string of the molecule is Cc1cc(NC(=O)c2c(F)c(S(=O)(=O)CC3(C)COC3)cn2C)ccc1F. The van der Waals surface area contributed by atoms with Crippen molar-refractivity contribution >= 4 is 21.4 Å². The standard InChI is InChI=1S/C18H20F2N2O4S/c1-11-6-12(4-5-13(11)19)21-17(23)16-15(20)14(7-22(16)3)27(24,25)10-18(2)8-26-9-18/h4-7H,8-10H2,1-3H3,(H,21,23). The van der Waals surface area contributed by atoms with Gasteiger partial charge in [0, 0.05) is 24.3 Å². The number of halogens is 2. The molecule has 27 heavy (non-hydrogen) atoms. The van der Waals surface area contributed by atoms with Gasteiger partial charge in [0.2, 0.25) is 0 Å². The zero-order valence-electron chi connectivity index (χ0n) is 15.2. The van der Waals surface area contributed by atoms with E-state index in [1.807, 2.05) is 0 Å². The molecule has 2 aromatic rings. The first-order valence-corrected chi connectivity index (χ1v) is 9.90. The van der Waals surface area contributed by atoms with Crippen LogP contribution in [0.5, 0.6) is 0 Å². The molecule has 9 heteroatoms. The highest BCUT2D eigenvalue weighted by Gasteiger charge is 2.40. The first-order valence-electron chi connectivity index (χ1n) is 8.25. The molecule has 0 radical (unpaired) electrons. The smallest absolute Gasteiger partial charge is 0.275 e. The van der Waals surface area contributed by atoms with E-state index in [1.54, 1.807) is 6.92 Å². The molecule has 0 aliphatic carbocycles. The van der Waals surface area contributed by atoms with Crippen LogP contribution in [0.1, 0.15) is 23.0 Å². The Labute approximate surface area is 156 Å². The number of aryl methyl sites for hydroxylation is 2. The molecule has 1 amide bonds. The molecule has 0 spiro atoms. The Hall–Kier alpha value is -2.26. The first-order chi connectivity index (χ1) is 12.5. The predicted octanol–water partition coefficient (Wildman–Crippen LogP) is 2.67. The minimum absolute atomic E-state index is 0.265. The quantitative estimate of drug-likeness (QED) is 0.840. The number of benzene rings is 1. The molecule has 1 aliphatic rings. The Balaban J connectivity index is 1.88. The molecule has 1 N–H and O–H groups in total. The lowest BCUT2D eigenvalue weighted by Crippen LogP contribution is -2.45. The highest BCUT2D eigenvalue weighted by Crippen LogP contribution is 2.32. The maximum absolute atomic E-state index is 14.8. The number of ether oxygens (including phenoxy) is 1. The summed E-state index contributed by atoms with van der Waals surface area (Å²) in [5, 5.41) is 2.46. The predicted molar refractivity (Wildman–Crippen MR) is 95.4 cm³/mol. The molecular weight excluding hydrogens is 378 g/mol. The van der Waals surface area contributed by atoms with Crippen LogP contribution in [0.15, 0.2) is 29.3 Å². The summed E-state index contributed by atoms with van der Waals surface area (Å²) < 4.78 is 59.6. The average Bonchev–Trinajstić information content (AvgIpc) is 2.84. The molecule has 1 aromatic heterocycles. The zero-order chi connectivity index (χ0) is 20.0. The summed E-state index contributed by atoms with van der Waals surface area (Å²) in [5.74, 6) is -2.61. The summed E-state index contributed by atoms with van der Waals surface area (Å²) in [5.41, 5.74) is -0.372. The summed E-state index contributed by atoms with van der Waals surface area (Å²) in [6.45, 7) is 3.86. The fourth-order valence-electron chi connectivity index (χ4n) is 3.03. The van der Waals surface area contributed by atoms with Crippen LogP contribution < -0.4 is 5.32 Å². The Kier molecular flexibility index (Phi) is 4.85. The number of sulfone groups is 1. The van der Waals surface area contributed by atoms with Crippen molar-refractivity contribution in [1.82, 2.24) is 4.57 Å². The molecule has 1 fully saturated rings. The second kappa shape index (κ2) is 6.72. The first kappa shape index (κ1) is 19.5. The van der Waals surface area contributed by atoms with Crippen LogP contribution >= 0.6 is 0 Å². The van der Waals surface area contributed by atoms with Crippen molar-refractivity contribution < 1.29 is 26.7 Å². The van der Waals surface area contributed by atoms with Crippen molar-refractivity contribution in [2.75, 3.05) is 24.3 Å². The lowest BCUT2D eigenvalue weighted by Gasteiger charge is -2.37. The highest BCUT2D eigenvalue weighted by atomic mass is 32.2. The lowest BCUT2D eigenvalue weighted by molar-refractivity contribution is -0.0870. The van der Waals surface area contributed by atoms with Gasteiger partial charge in [-0.2, -0.15) is 0 Å². The third kappa shape index (κ3) is 3.74. The number of aromatic nitrogens is 1. The number of hydrogen-bond acceptors (Lipinski definition) is 4. The van der Waals surface area contributed by atoms with Gasteiger partial charge in [-0.15, -0.1) is 0 Å². The second-order valence-corrected chi connectivity index (χ2v) is 9.21. The fraction of sp³-hybridized carbons (Fsp3) is 0.389. The van der Waals surface area contributed by atoms with Crippen molar-refractivity contribution in [3.63, 3.8) is 0 Å². The van der Waals surface area contributed by atoms with Crippen LogP contribution in [0.2, 0.25) is 0 Å². The van der Waals surface area contributed by atoms with Crippen LogP contribution in [-0.2, 0) is 21.6 Å². The topological polar surface area (TPSA) is 77.4 Å². The van der Waals surface area contributed by atoms with E-state index < -0.39 is 43.4 Å². The molecule has 146 valence electrons. The third-order valence-corrected chi connectivity index (χ3v) is 6.53. The molecule has 1 saturated heterocycles. The Morgan fingerprint density at radius 3 is 2.56 bits per heavy atom. The van der Waals surface area contributed by atoms with Crippen molar-refractivity contribution in [2.45, 2.75) is 18.7 Å². The van der Waals surface area contributed by atoms with E-state index in [4.69, 9.17) is 4.74 Å². The van der Waals surface area contributed by atoms with Gasteiger partial charge >= 0.3 is 0 Å². The molecule has 1 aromatic carbocycles. The Morgan fingerprint density at radius 1 is 1.33 bits per heavy atom. The Morgan fingerprint density at radius 2 is 2.00 bits per heavy atom. The lowest BCUT2D eigenvalue weighted by atomic mass is 9.92. The minimum Gasteiger partial charge on any atom is -0.380 e. The number of carbonyl (C=O) groups excluding carboxylic acids is 1. The van der Waals surface area contributed by atoms with Gasteiger partial charge in [-0.3, -0.25) is 4.79 Å². The van der Waals surface area contributed by atoms with Gasteiger partial charge in [0.25, 0.3) is 5.91 Å². The molecule has 6 nitrogen and oxygen atoms in total. The number of nitrogens with one attached hydrogen (secondary N) is 1. The fourth-order valence-corrected chi connectivity index (χ4v) is 4.96. The molecule has 0 saturated carbocycles. The monoisotopic (exact) mass is 398 g/mol. The zero-order valence-corrected chi connectivity index (χ0v) is 16.0. The molecule has 1 aliphatic heterocycles. The van der Waals surface area contributed by atoms with E-state index in [0.717, 1.165) is 10.8 Å². The van der Waals surface area contributed by atoms with Crippen molar-refractivity contribution in [2.24, 2.45) is 12.5 Å². The number of amides is 1. The number of anilines is 1. The van der Waals surface area contributed by atoms with Gasteiger partial charge in [-0.1, -0.05) is 6.92 Å². The number of nitrogens with zero attached hydrogens (tertiary/aromatic N) is 1. The molecular formula is C18H20F2N2O4S. The minimum atomic E-state index is -3.94. The van der Waals surface area contributed by atoms with E-state index in [2.05, 4.69) is 5.32 Å². The number of hydrogen-bond donors (Lipinski definition) is 1. The van der Waals surface area contributed by atoms with Crippen molar-refractivity contribution in [3.05, 3.63) is 47.3 Å². The summed E-state index contributed by atoms with van der Waals surface area (Å²) >= 11 is 0. The summed E-state index contributed by atoms with van der Waals surface area (Å²) in [6.07, 6.45) is 1.10. The van der Waals surface area contributed by atoms with Gasteiger partial charge < -0.3 is 14.6 Å². The normalized spacial score (nSPS) is 16.0. The van der Waals surface area contributed by atoms with E-state index in [-0.39, 0.29) is 24.7 Å². The van der Waals surface area contributed by atoms with E-state index in [9.17, 15) is 22.0 Å². The van der Waals surface area contributed by atoms with Gasteiger partial charge in [0.15, 0.2) is 15.7 Å². The van der Waals surface area contributed by atoms with E-state index in [0.29, 0.717) is 5.56 Å². The molecule has 0 atom stereocenters. The third-order valence-electron chi connectivity index (χ3n) is 4.49. The van der Waals surface area contributed by atoms with E-state index in [1.165, 1.54) is 32.2 Å². The number of carbonyl (C=O) groups is 1. The average molecular weight is 398 g/mol. The van der Waals surface area contributed by atoms with Crippen LogP contribution in [-0.4, -0.2) is 37.9 Å². The van der Waals surface area contributed by atoms with Crippen LogP contribution in [0, 0.1) is 24.0 Å². The maximum Gasteiger partial charge on any atom is 0.275 e. The van der Waals surface area contributed by atoms with Crippen LogP contribution in [0.4, 0.5) is 14.5 Å². The van der Waals surface area contributed by atoms with Crippen molar-refractivity contribution in [3.8, 4) is 0 Å². The van der Waals surface area contributed by atoms with Gasteiger partial charge in [-0.05, 0) is 30.7 Å². The summed E-state index contributed by atoms with van der Waals surface area (Å²) in [4.78, 5) is 11.9. The van der Waals surface area contributed by atoms with Gasteiger partial charge in [0.1, 0.15) is 16.4 Å². The molecule has 3 rings (SSSR count). The highest BCUT2D eigenvalue weighted by molar-refractivity contribution is 7.91. The summed E-state index contributed by atoms with van der Waals surface area (Å²) in [6, 6.07) is 3.93. The molecule has 0 unspecified atom stereocenters. The maximum atomic E-state index is 14.8. The number of rotatable bonds is 5. The molecule has 0 bridgehead atoms.